The van der Waals surface area contributed by atoms with E-state index in [4.69, 9.17) is 16.3 Å². The number of hydrogen-bond acceptors (Lipinski definition) is 2. The number of halogens is 2. The summed E-state index contributed by atoms with van der Waals surface area (Å²) in [5, 5.41) is 2.72. The molecule has 0 aliphatic rings. The molecule has 1 heterocycles. The Morgan fingerprint density at radius 2 is 2.19 bits per heavy atom. The molecule has 0 saturated carbocycles. The maximum atomic E-state index is 6.01. The molecule has 4 heteroatoms. The Morgan fingerprint density at radius 3 is 2.94 bits per heavy atom. The molecule has 0 unspecified atom stereocenters. The lowest BCUT2D eigenvalue weighted by molar-refractivity contribution is 0.323. The quantitative estimate of drug-likeness (QED) is 0.788. The van der Waals surface area contributed by atoms with Gasteiger partial charge in [0, 0.05) is 15.8 Å². The molecule has 1 aromatic heterocycles. The van der Waals surface area contributed by atoms with Gasteiger partial charge in [0.1, 0.15) is 5.75 Å². The van der Waals surface area contributed by atoms with Gasteiger partial charge in [-0.3, -0.25) is 0 Å². The highest BCUT2D eigenvalue weighted by molar-refractivity contribution is 9.10. The lowest BCUT2D eigenvalue weighted by atomic mass is 10.3. The standard InChI is InChI=1S/C12H10BrClOS/c13-9-3-4-11(14)12(8-9)15-6-5-10-2-1-7-16-10/h1-4,7-8H,5-6H2. The van der Waals surface area contributed by atoms with Crippen LogP contribution in [0.15, 0.2) is 40.2 Å². The van der Waals surface area contributed by atoms with Crippen molar-refractivity contribution in [3.05, 3.63) is 50.1 Å². The van der Waals surface area contributed by atoms with Crippen LogP contribution in [0.3, 0.4) is 0 Å². The second kappa shape index (κ2) is 5.71. The van der Waals surface area contributed by atoms with Gasteiger partial charge in [0.15, 0.2) is 0 Å². The third-order valence-corrected chi connectivity index (χ3v) is 3.82. The van der Waals surface area contributed by atoms with Crippen molar-refractivity contribution < 1.29 is 4.74 Å². The molecule has 16 heavy (non-hydrogen) atoms. The highest BCUT2D eigenvalue weighted by Crippen LogP contribution is 2.28. The third kappa shape index (κ3) is 3.24. The van der Waals surface area contributed by atoms with Crippen LogP contribution in [0.1, 0.15) is 4.88 Å². The first-order chi connectivity index (χ1) is 7.75. The monoisotopic (exact) mass is 316 g/mol. The van der Waals surface area contributed by atoms with Gasteiger partial charge in [-0.15, -0.1) is 11.3 Å². The van der Waals surface area contributed by atoms with Crippen LogP contribution in [-0.2, 0) is 6.42 Å². The van der Waals surface area contributed by atoms with Crippen molar-refractivity contribution in [2.45, 2.75) is 6.42 Å². The van der Waals surface area contributed by atoms with E-state index in [0.717, 1.165) is 16.6 Å². The van der Waals surface area contributed by atoms with Gasteiger partial charge in [-0.2, -0.15) is 0 Å². The van der Waals surface area contributed by atoms with Gasteiger partial charge in [-0.25, -0.2) is 0 Å². The first-order valence-electron chi connectivity index (χ1n) is 4.86. The van der Waals surface area contributed by atoms with Crippen LogP contribution in [0, 0.1) is 0 Å². The van der Waals surface area contributed by atoms with Crippen LogP contribution in [0.25, 0.3) is 0 Å². The van der Waals surface area contributed by atoms with Gasteiger partial charge < -0.3 is 4.74 Å². The van der Waals surface area contributed by atoms with E-state index in [1.54, 1.807) is 11.3 Å². The van der Waals surface area contributed by atoms with E-state index in [9.17, 15) is 0 Å². The molecule has 2 rings (SSSR count). The van der Waals surface area contributed by atoms with E-state index in [0.29, 0.717) is 11.6 Å². The van der Waals surface area contributed by atoms with Crippen LogP contribution < -0.4 is 4.74 Å². The Morgan fingerprint density at radius 1 is 1.31 bits per heavy atom. The van der Waals surface area contributed by atoms with Crippen molar-refractivity contribution in [2.24, 2.45) is 0 Å². The molecule has 0 saturated heterocycles. The zero-order chi connectivity index (χ0) is 11.4. The molecule has 0 fully saturated rings. The molecule has 0 radical (unpaired) electrons. The first kappa shape index (κ1) is 12.0. The topological polar surface area (TPSA) is 9.23 Å². The predicted octanol–water partition coefficient (Wildman–Crippen LogP) is 4.79. The summed E-state index contributed by atoms with van der Waals surface area (Å²) in [6.45, 7) is 0.649. The fraction of sp³-hybridized carbons (Fsp3) is 0.167. The summed E-state index contributed by atoms with van der Waals surface area (Å²) in [5.41, 5.74) is 0. The Bertz CT molecular complexity index is 456. The molecule has 0 aliphatic heterocycles. The Balaban J connectivity index is 1.92. The zero-order valence-corrected chi connectivity index (χ0v) is 11.6. The lowest BCUT2D eigenvalue weighted by Crippen LogP contribution is -2.00. The molecular formula is C12H10BrClOS. The fourth-order valence-electron chi connectivity index (χ4n) is 1.30. The summed E-state index contributed by atoms with van der Waals surface area (Å²) in [5.74, 6) is 0.729. The number of thiophene rings is 1. The fourth-order valence-corrected chi connectivity index (χ4v) is 2.51. The van der Waals surface area contributed by atoms with Gasteiger partial charge in [-0.05, 0) is 29.6 Å². The smallest absolute Gasteiger partial charge is 0.139 e. The van der Waals surface area contributed by atoms with Crippen LogP contribution >= 0.6 is 38.9 Å². The minimum absolute atomic E-state index is 0.648. The molecule has 1 aromatic carbocycles. The third-order valence-electron chi connectivity index (χ3n) is 2.08. The molecule has 0 bridgehead atoms. The maximum Gasteiger partial charge on any atom is 0.139 e. The number of ether oxygens (including phenoxy) is 1. The average Bonchev–Trinajstić information content (AvgIpc) is 2.76. The number of benzene rings is 1. The summed E-state index contributed by atoms with van der Waals surface area (Å²) >= 11 is 11.1. The van der Waals surface area contributed by atoms with Gasteiger partial charge in [0.2, 0.25) is 0 Å². The molecule has 0 atom stereocenters. The molecule has 1 nitrogen and oxygen atoms in total. The van der Waals surface area contributed by atoms with E-state index < -0.39 is 0 Å². The van der Waals surface area contributed by atoms with Crippen LogP contribution in [-0.4, -0.2) is 6.61 Å². The first-order valence-corrected chi connectivity index (χ1v) is 6.91. The normalized spacial score (nSPS) is 10.4. The van der Waals surface area contributed by atoms with Crippen molar-refractivity contribution in [3.8, 4) is 5.75 Å². The molecule has 0 N–H and O–H groups in total. The van der Waals surface area contributed by atoms with E-state index in [1.807, 2.05) is 24.3 Å². The summed E-state index contributed by atoms with van der Waals surface area (Å²) in [6.07, 6.45) is 0.917. The Hall–Kier alpha value is -0.510. The molecule has 0 aliphatic carbocycles. The minimum atomic E-state index is 0.648. The van der Waals surface area contributed by atoms with Crippen LogP contribution in [0.5, 0.6) is 5.75 Å². The van der Waals surface area contributed by atoms with E-state index in [2.05, 4.69) is 27.4 Å². The highest BCUT2D eigenvalue weighted by atomic mass is 79.9. The molecule has 0 amide bonds. The Kier molecular flexibility index (Phi) is 4.27. The van der Waals surface area contributed by atoms with E-state index in [1.165, 1.54) is 4.88 Å². The summed E-state index contributed by atoms with van der Waals surface area (Å²) in [7, 11) is 0. The van der Waals surface area contributed by atoms with Gasteiger partial charge in [0.25, 0.3) is 0 Å². The summed E-state index contributed by atoms with van der Waals surface area (Å²) in [6, 6.07) is 9.76. The summed E-state index contributed by atoms with van der Waals surface area (Å²) < 4.78 is 6.61. The average molecular weight is 318 g/mol. The molecule has 2 aromatic rings. The summed E-state index contributed by atoms with van der Waals surface area (Å²) in [4.78, 5) is 1.33. The number of rotatable bonds is 4. The second-order valence-electron chi connectivity index (χ2n) is 3.25. The van der Waals surface area contributed by atoms with Crippen LogP contribution in [0.2, 0.25) is 5.02 Å². The zero-order valence-electron chi connectivity index (χ0n) is 8.45. The van der Waals surface area contributed by atoms with Crippen molar-refractivity contribution in [2.75, 3.05) is 6.61 Å². The molecule has 84 valence electrons. The maximum absolute atomic E-state index is 6.01. The van der Waals surface area contributed by atoms with Crippen molar-refractivity contribution in [1.82, 2.24) is 0 Å². The number of hydrogen-bond donors (Lipinski definition) is 0. The molecule has 0 spiro atoms. The van der Waals surface area contributed by atoms with Crippen molar-refractivity contribution in [3.63, 3.8) is 0 Å². The predicted molar refractivity (Wildman–Crippen MR) is 72.7 cm³/mol. The van der Waals surface area contributed by atoms with Crippen molar-refractivity contribution >= 4 is 38.9 Å². The minimum Gasteiger partial charge on any atom is -0.492 e. The Labute approximate surface area is 112 Å². The SMILES string of the molecule is Clc1ccc(Br)cc1OCCc1cccs1. The largest absolute Gasteiger partial charge is 0.492 e. The lowest BCUT2D eigenvalue weighted by Gasteiger charge is -2.07. The van der Waals surface area contributed by atoms with Gasteiger partial charge in [0.05, 0.1) is 11.6 Å². The van der Waals surface area contributed by atoms with E-state index >= 15 is 0 Å². The highest BCUT2D eigenvalue weighted by Gasteiger charge is 2.02. The van der Waals surface area contributed by atoms with Gasteiger partial charge >= 0.3 is 0 Å². The molecular weight excluding hydrogens is 308 g/mol. The van der Waals surface area contributed by atoms with E-state index in [-0.39, 0.29) is 0 Å². The van der Waals surface area contributed by atoms with Crippen molar-refractivity contribution in [1.29, 1.82) is 0 Å². The second-order valence-corrected chi connectivity index (χ2v) is 5.61. The van der Waals surface area contributed by atoms with Crippen LogP contribution in [0.4, 0.5) is 0 Å². The van der Waals surface area contributed by atoms with Gasteiger partial charge in [-0.1, -0.05) is 33.6 Å².